The average molecular weight is 252 g/mol. The van der Waals surface area contributed by atoms with Crippen molar-refractivity contribution in [3.63, 3.8) is 0 Å². The number of benzene rings is 1. The zero-order chi connectivity index (χ0) is 12.3. The molecule has 17 heavy (non-hydrogen) atoms. The fraction of sp³-hybridized carbons (Fsp3) is 0.364. The Bertz CT molecular complexity index is 618. The number of sulfonamides is 1. The fourth-order valence-electron chi connectivity index (χ4n) is 1.91. The lowest BCUT2D eigenvalue weighted by Crippen LogP contribution is -2.20. The Morgan fingerprint density at radius 1 is 1.35 bits per heavy atom. The molecular weight excluding hydrogens is 240 g/mol. The molecule has 0 atom stereocenters. The number of carbonyl (C=O) groups excluding carboxylic acids is 1. The molecule has 1 aromatic rings. The Kier molecular flexibility index (Phi) is 1.87. The van der Waals surface area contributed by atoms with Gasteiger partial charge in [-0.15, -0.1) is 0 Å². The first-order valence-electron chi connectivity index (χ1n) is 5.39. The summed E-state index contributed by atoms with van der Waals surface area (Å²) in [6, 6.07) is 4.76. The summed E-state index contributed by atoms with van der Waals surface area (Å²) in [5.74, 6) is -0.551. The summed E-state index contributed by atoms with van der Waals surface area (Å²) in [6.07, 6.45) is 2.18. The van der Waals surface area contributed by atoms with Crippen LogP contribution in [0.15, 0.2) is 23.1 Å². The van der Waals surface area contributed by atoms with Crippen LogP contribution in [0, 0.1) is 0 Å². The molecule has 1 heterocycles. The highest BCUT2D eigenvalue weighted by Crippen LogP contribution is 2.38. The van der Waals surface area contributed by atoms with E-state index >= 15 is 0 Å². The third-order valence-electron chi connectivity index (χ3n) is 3.19. The normalized spacial score (nSPS) is 22.8. The highest BCUT2D eigenvalue weighted by molar-refractivity contribution is 7.90. The summed E-state index contributed by atoms with van der Waals surface area (Å²) in [7, 11) is -3.63. The zero-order valence-electron chi connectivity index (χ0n) is 9.28. The van der Waals surface area contributed by atoms with E-state index in [1.165, 1.54) is 6.07 Å². The van der Waals surface area contributed by atoms with Gasteiger partial charge >= 0.3 is 0 Å². The molecule has 2 N–H and O–H groups in total. The van der Waals surface area contributed by atoms with Gasteiger partial charge in [-0.05, 0) is 38.0 Å². The van der Waals surface area contributed by atoms with E-state index in [-0.39, 0.29) is 16.0 Å². The van der Waals surface area contributed by atoms with Crippen molar-refractivity contribution in [1.29, 1.82) is 0 Å². The van der Waals surface area contributed by atoms with Gasteiger partial charge in [0.2, 0.25) is 0 Å². The summed E-state index contributed by atoms with van der Waals surface area (Å²) in [5, 5.41) is 3.30. The van der Waals surface area contributed by atoms with Gasteiger partial charge in [0, 0.05) is 11.2 Å². The first kappa shape index (κ1) is 10.6. The van der Waals surface area contributed by atoms with Crippen LogP contribution in [0.4, 0.5) is 5.69 Å². The minimum absolute atomic E-state index is 0.0639. The Morgan fingerprint density at radius 3 is 2.71 bits per heavy atom. The van der Waals surface area contributed by atoms with Crippen molar-refractivity contribution in [3.8, 4) is 0 Å². The zero-order valence-corrected chi connectivity index (χ0v) is 10.1. The van der Waals surface area contributed by atoms with Crippen molar-refractivity contribution in [2.45, 2.75) is 30.2 Å². The molecule has 0 spiro atoms. The van der Waals surface area contributed by atoms with E-state index in [0.29, 0.717) is 0 Å². The quantitative estimate of drug-likeness (QED) is 0.826. The monoisotopic (exact) mass is 252 g/mol. The van der Waals surface area contributed by atoms with Crippen LogP contribution in [0.5, 0.6) is 0 Å². The molecular formula is C11H12N2O3S. The molecule has 2 aliphatic rings. The van der Waals surface area contributed by atoms with E-state index in [1.807, 2.05) is 4.72 Å². The van der Waals surface area contributed by atoms with Crippen molar-refractivity contribution in [2.24, 2.45) is 0 Å². The van der Waals surface area contributed by atoms with Crippen molar-refractivity contribution in [2.75, 3.05) is 5.32 Å². The van der Waals surface area contributed by atoms with Crippen LogP contribution in [0.25, 0.3) is 0 Å². The molecule has 6 heteroatoms. The van der Waals surface area contributed by atoms with Gasteiger partial charge in [-0.3, -0.25) is 4.79 Å². The molecule has 1 aliphatic heterocycles. The molecule has 0 unspecified atom stereocenters. The highest BCUT2D eigenvalue weighted by atomic mass is 32.2. The van der Waals surface area contributed by atoms with Crippen LogP contribution in [0.1, 0.15) is 30.1 Å². The number of anilines is 1. The van der Waals surface area contributed by atoms with Crippen molar-refractivity contribution >= 4 is 21.6 Å². The summed E-state index contributed by atoms with van der Waals surface area (Å²) in [6.45, 7) is 2.09. The Morgan fingerprint density at radius 2 is 2.06 bits per heavy atom. The lowest BCUT2D eigenvalue weighted by molar-refractivity contribution is 0.0985. The molecule has 0 aromatic heterocycles. The van der Waals surface area contributed by atoms with Gasteiger partial charge in [0.15, 0.2) is 0 Å². The molecule has 1 aromatic carbocycles. The van der Waals surface area contributed by atoms with Crippen molar-refractivity contribution in [1.82, 2.24) is 4.72 Å². The number of hydrogen-bond donors (Lipinski definition) is 2. The van der Waals surface area contributed by atoms with Crippen LogP contribution in [0.3, 0.4) is 0 Å². The number of fused-ring (bicyclic) bond motifs is 1. The standard InChI is InChI=1S/C11H12N2O3S/c1-11(4-5-11)12-7-2-3-9-8(6-7)10(14)13-17(9,15)16/h2-3,6,12H,4-5H2,1H3,(H,13,14). The van der Waals surface area contributed by atoms with Crippen LogP contribution >= 0.6 is 0 Å². The second-order valence-electron chi connectivity index (χ2n) is 4.83. The summed E-state index contributed by atoms with van der Waals surface area (Å²) >= 11 is 0. The van der Waals surface area contributed by atoms with Crippen molar-refractivity contribution in [3.05, 3.63) is 23.8 Å². The highest BCUT2D eigenvalue weighted by Gasteiger charge is 2.38. The van der Waals surface area contributed by atoms with E-state index in [1.54, 1.807) is 12.1 Å². The summed E-state index contributed by atoms with van der Waals surface area (Å²) in [4.78, 5) is 11.6. The Balaban J connectivity index is 2.02. The molecule has 5 nitrogen and oxygen atoms in total. The summed E-state index contributed by atoms with van der Waals surface area (Å²) < 4.78 is 25.0. The van der Waals surface area contributed by atoms with Crippen LogP contribution in [-0.2, 0) is 10.0 Å². The number of hydrogen-bond acceptors (Lipinski definition) is 4. The Hall–Kier alpha value is -1.56. The molecule has 0 saturated heterocycles. The van der Waals surface area contributed by atoms with Gasteiger partial charge in [-0.25, -0.2) is 13.1 Å². The van der Waals surface area contributed by atoms with Gasteiger partial charge in [0.05, 0.1) is 5.56 Å². The van der Waals surface area contributed by atoms with Gasteiger partial charge < -0.3 is 5.32 Å². The van der Waals surface area contributed by atoms with E-state index in [4.69, 9.17) is 0 Å². The number of amides is 1. The maximum Gasteiger partial charge on any atom is 0.266 e. The predicted molar refractivity (Wildman–Crippen MR) is 62.4 cm³/mol. The Labute approximate surface area is 99.3 Å². The van der Waals surface area contributed by atoms with Gasteiger partial charge in [0.1, 0.15) is 4.90 Å². The fourth-order valence-corrected chi connectivity index (χ4v) is 3.06. The average Bonchev–Trinajstić information content (AvgIpc) is 2.89. The molecule has 0 bridgehead atoms. The second-order valence-corrected chi connectivity index (χ2v) is 6.48. The number of rotatable bonds is 2. The molecule has 1 saturated carbocycles. The maximum absolute atomic E-state index is 11.5. The van der Waals surface area contributed by atoms with Crippen LogP contribution in [-0.4, -0.2) is 19.9 Å². The lowest BCUT2D eigenvalue weighted by atomic mass is 10.1. The minimum Gasteiger partial charge on any atom is -0.380 e. The minimum atomic E-state index is -3.63. The molecule has 0 radical (unpaired) electrons. The van der Waals surface area contributed by atoms with Gasteiger partial charge in [-0.1, -0.05) is 0 Å². The second kappa shape index (κ2) is 3.01. The van der Waals surface area contributed by atoms with Gasteiger partial charge in [-0.2, -0.15) is 0 Å². The summed E-state index contributed by atoms with van der Waals surface area (Å²) in [5.41, 5.74) is 1.11. The SMILES string of the molecule is CC1(Nc2ccc3c(c2)C(=O)NS3(=O)=O)CC1. The van der Waals surface area contributed by atoms with E-state index in [9.17, 15) is 13.2 Å². The molecule has 1 fully saturated rings. The molecule has 3 rings (SSSR count). The van der Waals surface area contributed by atoms with Crippen molar-refractivity contribution < 1.29 is 13.2 Å². The van der Waals surface area contributed by atoms with Crippen LogP contribution < -0.4 is 10.0 Å². The predicted octanol–water partition coefficient (Wildman–Crippen LogP) is 1.08. The van der Waals surface area contributed by atoms with E-state index in [0.717, 1.165) is 18.5 Å². The topological polar surface area (TPSA) is 75.3 Å². The first-order chi connectivity index (χ1) is 7.90. The van der Waals surface area contributed by atoms with E-state index in [2.05, 4.69) is 12.2 Å². The van der Waals surface area contributed by atoms with E-state index < -0.39 is 15.9 Å². The third-order valence-corrected chi connectivity index (χ3v) is 4.58. The number of nitrogens with one attached hydrogen (secondary N) is 2. The largest absolute Gasteiger partial charge is 0.380 e. The maximum atomic E-state index is 11.5. The lowest BCUT2D eigenvalue weighted by Gasteiger charge is -2.13. The molecule has 1 amide bonds. The third kappa shape index (κ3) is 1.68. The number of carbonyl (C=O) groups is 1. The molecule has 90 valence electrons. The smallest absolute Gasteiger partial charge is 0.266 e. The van der Waals surface area contributed by atoms with Gasteiger partial charge in [0.25, 0.3) is 15.9 Å². The van der Waals surface area contributed by atoms with Crippen LogP contribution in [0.2, 0.25) is 0 Å². The first-order valence-corrected chi connectivity index (χ1v) is 6.87. The molecule has 1 aliphatic carbocycles.